The molecule has 0 unspecified atom stereocenters. The molecule has 0 aromatic carbocycles. The zero-order valence-electron chi connectivity index (χ0n) is 8.52. The molecule has 68 valence electrons. The number of hydrogen-bond donors (Lipinski definition) is 1. The zero-order chi connectivity index (χ0) is 9.07. The summed E-state index contributed by atoms with van der Waals surface area (Å²) in [5.41, 5.74) is -0.0255. The van der Waals surface area contributed by atoms with Crippen molar-refractivity contribution in [3.05, 3.63) is 0 Å². The predicted molar refractivity (Wildman–Crippen MR) is 53.4 cm³/mol. The molecule has 0 rings (SSSR count). The lowest BCUT2D eigenvalue weighted by Gasteiger charge is -2.29. The van der Waals surface area contributed by atoms with E-state index in [9.17, 15) is 5.11 Å². The first-order valence-electron chi connectivity index (χ1n) is 4.57. The molecule has 1 nitrogen and oxygen atoms in total. The third kappa shape index (κ3) is 3.92. The van der Waals surface area contributed by atoms with Crippen LogP contribution in [0.5, 0.6) is 0 Å². The summed E-state index contributed by atoms with van der Waals surface area (Å²) in [6.07, 6.45) is 2.34. The van der Waals surface area contributed by atoms with Crippen LogP contribution < -0.4 is 0 Å². The van der Waals surface area contributed by atoms with Crippen LogP contribution in [0.25, 0.3) is 0 Å². The van der Waals surface area contributed by atoms with E-state index < -0.39 is 8.07 Å². The first kappa shape index (κ1) is 11.2. The molecule has 0 aromatic heterocycles. The first-order valence-corrected chi connectivity index (χ1v) is 8.15. The van der Waals surface area contributed by atoms with Crippen molar-refractivity contribution in [1.82, 2.24) is 0 Å². The lowest BCUT2D eigenvalue weighted by atomic mass is 10.1. The smallest absolute Gasteiger partial charge is 0.0785 e. The van der Waals surface area contributed by atoms with Crippen LogP contribution in [0.2, 0.25) is 19.6 Å². The van der Waals surface area contributed by atoms with E-state index >= 15 is 0 Å². The number of aliphatic hydroxyl groups excluding tert-OH is 1. The maximum Gasteiger partial charge on any atom is 0.0785 e. The highest BCUT2D eigenvalue weighted by Crippen LogP contribution is 2.19. The van der Waals surface area contributed by atoms with Crippen LogP contribution in [0.3, 0.4) is 0 Å². The summed E-state index contributed by atoms with van der Waals surface area (Å²) in [4.78, 5) is 0. The summed E-state index contributed by atoms with van der Waals surface area (Å²) in [6.45, 7) is 11.0. The Morgan fingerprint density at radius 2 is 1.73 bits per heavy atom. The predicted octanol–water partition coefficient (Wildman–Crippen LogP) is 2.66. The highest BCUT2D eigenvalue weighted by molar-refractivity contribution is 6.77. The average molecular weight is 174 g/mol. The van der Waals surface area contributed by atoms with E-state index in [0.717, 1.165) is 6.42 Å². The van der Waals surface area contributed by atoms with Crippen molar-refractivity contribution in [1.29, 1.82) is 0 Å². The van der Waals surface area contributed by atoms with Crippen molar-refractivity contribution >= 4 is 8.07 Å². The largest absolute Gasteiger partial charge is 0.396 e. The number of aliphatic hydroxyl groups is 1. The SMILES string of the molecule is CCC[C@@H](C)[C@@H](O)[Si](C)(C)C. The van der Waals surface area contributed by atoms with Gasteiger partial charge in [-0.2, -0.15) is 0 Å². The van der Waals surface area contributed by atoms with Crippen LogP contribution in [0.1, 0.15) is 26.7 Å². The fraction of sp³-hybridized carbons (Fsp3) is 1.00. The van der Waals surface area contributed by atoms with Gasteiger partial charge in [0, 0.05) is 5.73 Å². The van der Waals surface area contributed by atoms with Gasteiger partial charge in [-0.3, -0.25) is 0 Å². The van der Waals surface area contributed by atoms with Crippen molar-refractivity contribution in [3.63, 3.8) is 0 Å². The highest BCUT2D eigenvalue weighted by atomic mass is 28.3. The molecule has 0 saturated carbocycles. The second-order valence-electron chi connectivity index (χ2n) is 4.58. The molecule has 0 aliphatic rings. The Hall–Kier alpha value is 0.177. The molecule has 2 heteroatoms. The molecule has 0 spiro atoms. The van der Waals surface area contributed by atoms with Gasteiger partial charge in [-0.05, 0) is 12.3 Å². The molecule has 0 aliphatic carbocycles. The standard InChI is InChI=1S/C9H22OSi/c1-6-7-8(2)9(10)11(3,4)5/h8-10H,6-7H2,1-5H3/t8-,9+/m1/s1. The second-order valence-corrected chi connectivity index (χ2v) is 9.90. The van der Waals surface area contributed by atoms with E-state index in [1.165, 1.54) is 6.42 Å². The van der Waals surface area contributed by atoms with Crippen LogP contribution in [0.15, 0.2) is 0 Å². The Labute approximate surface area is 71.8 Å². The molecule has 0 bridgehead atoms. The summed E-state index contributed by atoms with van der Waals surface area (Å²) >= 11 is 0. The molecule has 0 fully saturated rings. The summed E-state index contributed by atoms with van der Waals surface area (Å²) in [5.74, 6) is 0.492. The van der Waals surface area contributed by atoms with Crippen molar-refractivity contribution < 1.29 is 5.11 Å². The normalized spacial score (nSPS) is 18.0. The Morgan fingerprint density at radius 1 is 1.27 bits per heavy atom. The maximum atomic E-state index is 9.85. The van der Waals surface area contributed by atoms with Crippen LogP contribution in [0, 0.1) is 5.92 Å². The Kier molecular flexibility index (Phi) is 4.33. The van der Waals surface area contributed by atoms with Crippen molar-refractivity contribution in [3.8, 4) is 0 Å². The molecule has 0 heterocycles. The van der Waals surface area contributed by atoms with Crippen LogP contribution in [0.4, 0.5) is 0 Å². The second kappa shape index (κ2) is 4.26. The minimum absolute atomic E-state index is 0.0255. The molecule has 0 saturated heterocycles. The van der Waals surface area contributed by atoms with E-state index in [4.69, 9.17) is 0 Å². The Balaban J connectivity index is 3.91. The van der Waals surface area contributed by atoms with E-state index in [-0.39, 0.29) is 5.73 Å². The van der Waals surface area contributed by atoms with E-state index in [2.05, 4.69) is 33.5 Å². The Morgan fingerprint density at radius 3 is 2.00 bits per heavy atom. The molecular formula is C9H22OSi. The van der Waals surface area contributed by atoms with Gasteiger partial charge in [0.2, 0.25) is 0 Å². The van der Waals surface area contributed by atoms with Gasteiger partial charge in [0.1, 0.15) is 0 Å². The summed E-state index contributed by atoms with van der Waals surface area (Å²) in [5, 5.41) is 9.85. The fourth-order valence-corrected chi connectivity index (χ4v) is 3.34. The van der Waals surface area contributed by atoms with E-state index in [1.807, 2.05) is 0 Å². The third-order valence-corrected chi connectivity index (χ3v) is 4.51. The van der Waals surface area contributed by atoms with Gasteiger partial charge >= 0.3 is 0 Å². The quantitative estimate of drug-likeness (QED) is 0.650. The van der Waals surface area contributed by atoms with Crippen LogP contribution in [-0.2, 0) is 0 Å². The topological polar surface area (TPSA) is 20.2 Å². The molecule has 0 aliphatic heterocycles. The van der Waals surface area contributed by atoms with Gasteiger partial charge in [-0.1, -0.05) is 39.9 Å². The number of hydrogen-bond acceptors (Lipinski definition) is 1. The summed E-state index contributed by atoms with van der Waals surface area (Å²) < 4.78 is 0. The molecular weight excluding hydrogens is 152 g/mol. The molecule has 11 heavy (non-hydrogen) atoms. The number of rotatable bonds is 4. The molecule has 2 atom stereocenters. The monoisotopic (exact) mass is 174 g/mol. The molecule has 0 aromatic rings. The van der Waals surface area contributed by atoms with E-state index in [1.54, 1.807) is 0 Å². The van der Waals surface area contributed by atoms with Crippen molar-refractivity contribution in [2.45, 2.75) is 52.1 Å². The van der Waals surface area contributed by atoms with E-state index in [0.29, 0.717) is 5.92 Å². The van der Waals surface area contributed by atoms with Gasteiger partial charge in [0.25, 0.3) is 0 Å². The van der Waals surface area contributed by atoms with Crippen LogP contribution >= 0.6 is 0 Å². The van der Waals surface area contributed by atoms with Crippen LogP contribution in [-0.4, -0.2) is 18.9 Å². The minimum Gasteiger partial charge on any atom is -0.396 e. The average Bonchev–Trinajstić information content (AvgIpc) is 1.85. The maximum absolute atomic E-state index is 9.85. The molecule has 0 amide bonds. The highest BCUT2D eigenvalue weighted by Gasteiger charge is 2.28. The van der Waals surface area contributed by atoms with Gasteiger partial charge in [-0.25, -0.2) is 0 Å². The van der Waals surface area contributed by atoms with Gasteiger partial charge in [0.05, 0.1) is 8.07 Å². The van der Waals surface area contributed by atoms with Crippen molar-refractivity contribution in [2.24, 2.45) is 5.92 Å². The van der Waals surface area contributed by atoms with Crippen molar-refractivity contribution in [2.75, 3.05) is 0 Å². The molecule has 1 N–H and O–H groups in total. The summed E-state index contributed by atoms with van der Waals surface area (Å²) in [6, 6.07) is 0. The lowest BCUT2D eigenvalue weighted by Crippen LogP contribution is -2.42. The zero-order valence-corrected chi connectivity index (χ0v) is 9.52. The van der Waals surface area contributed by atoms with Gasteiger partial charge in [0.15, 0.2) is 0 Å². The fourth-order valence-electron chi connectivity index (χ4n) is 1.47. The summed E-state index contributed by atoms with van der Waals surface area (Å²) in [7, 11) is -1.31. The Bertz CT molecular complexity index is 107. The molecule has 0 radical (unpaired) electrons. The van der Waals surface area contributed by atoms with Gasteiger partial charge < -0.3 is 5.11 Å². The third-order valence-electron chi connectivity index (χ3n) is 2.17. The minimum atomic E-state index is -1.31. The van der Waals surface area contributed by atoms with Gasteiger partial charge in [-0.15, -0.1) is 0 Å². The lowest BCUT2D eigenvalue weighted by molar-refractivity contribution is 0.176. The first-order chi connectivity index (χ1) is 4.89.